The van der Waals surface area contributed by atoms with E-state index in [4.69, 9.17) is 10.6 Å². The molecular weight excluding hydrogens is 118 g/mol. The molecule has 0 aliphatic heterocycles. The van der Waals surface area contributed by atoms with Crippen molar-refractivity contribution < 1.29 is 5.11 Å². The second-order valence-corrected chi connectivity index (χ2v) is 2.27. The molecule has 1 fully saturated rings. The Morgan fingerprint density at radius 3 is 2.78 bits per heavy atom. The van der Waals surface area contributed by atoms with Crippen LogP contribution in [0.5, 0.6) is 0 Å². The number of aliphatic hydroxyl groups is 1. The van der Waals surface area contributed by atoms with Crippen LogP contribution in [0.25, 0.3) is 10.4 Å². The molecule has 4 heteroatoms. The van der Waals surface area contributed by atoms with Crippen LogP contribution in [0.15, 0.2) is 5.11 Å². The van der Waals surface area contributed by atoms with Gasteiger partial charge in [0.15, 0.2) is 0 Å². The molecule has 0 unspecified atom stereocenters. The van der Waals surface area contributed by atoms with Gasteiger partial charge in [-0.2, -0.15) is 0 Å². The molecule has 4 nitrogen and oxygen atoms in total. The molecule has 9 heavy (non-hydrogen) atoms. The van der Waals surface area contributed by atoms with Gasteiger partial charge < -0.3 is 5.11 Å². The van der Waals surface area contributed by atoms with E-state index < -0.39 is 0 Å². The second kappa shape index (κ2) is 2.71. The molecule has 0 radical (unpaired) electrons. The minimum atomic E-state index is -0.388. The maximum atomic E-state index is 9.06. The Morgan fingerprint density at radius 2 is 2.33 bits per heavy atom. The Bertz CT molecular complexity index is 141. The molecule has 0 aromatic carbocycles. The van der Waals surface area contributed by atoms with Gasteiger partial charge in [0, 0.05) is 4.91 Å². The van der Waals surface area contributed by atoms with Gasteiger partial charge in [-0.05, 0) is 18.4 Å². The first-order valence-electron chi connectivity index (χ1n) is 3.07. The topological polar surface area (TPSA) is 69.0 Å². The van der Waals surface area contributed by atoms with Crippen molar-refractivity contribution in [1.82, 2.24) is 0 Å². The Labute approximate surface area is 53.1 Å². The van der Waals surface area contributed by atoms with Crippen molar-refractivity contribution in [3.05, 3.63) is 10.4 Å². The van der Waals surface area contributed by atoms with Crippen molar-refractivity contribution >= 4 is 0 Å². The van der Waals surface area contributed by atoms with Gasteiger partial charge in [0.2, 0.25) is 0 Å². The number of hydrogen-bond donors (Lipinski definition) is 1. The predicted octanol–water partition coefficient (Wildman–Crippen LogP) is 1.21. The normalized spacial score (nSPS) is 33.9. The zero-order chi connectivity index (χ0) is 6.69. The molecule has 1 N–H and O–H groups in total. The average Bonchev–Trinajstić information content (AvgIpc) is 2.18. The summed E-state index contributed by atoms with van der Waals surface area (Å²) in [5.41, 5.74) is 7.99. The van der Waals surface area contributed by atoms with Crippen LogP contribution in [0.3, 0.4) is 0 Å². The summed E-state index contributed by atoms with van der Waals surface area (Å²) in [5, 5.41) is 12.5. The molecule has 2 atom stereocenters. The average molecular weight is 127 g/mol. The highest BCUT2D eigenvalue weighted by Crippen LogP contribution is 2.21. The summed E-state index contributed by atoms with van der Waals surface area (Å²) in [7, 11) is 0. The molecule has 0 amide bonds. The van der Waals surface area contributed by atoms with Gasteiger partial charge in [-0.1, -0.05) is 11.5 Å². The van der Waals surface area contributed by atoms with Gasteiger partial charge in [-0.25, -0.2) is 0 Å². The van der Waals surface area contributed by atoms with Crippen LogP contribution in [-0.2, 0) is 0 Å². The van der Waals surface area contributed by atoms with Crippen LogP contribution in [0.4, 0.5) is 0 Å². The Morgan fingerprint density at radius 1 is 1.56 bits per heavy atom. The van der Waals surface area contributed by atoms with Crippen molar-refractivity contribution in [3.8, 4) is 0 Å². The van der Waals surface area contributed by atoms with E-state index in [1.807, 2.05) is 0 Å². The van der Waals surface area contributed by atoms with E-state index in [0.29, 0.717) is 0 Å². The van der Waals surface area contributed by atoms with E-state index in [2.05, 4.69) is 10.0 Å². The molecule has 0 bridgehead atoms. The zero-order valence-corrected chi connectivity index (χ0v) is 5.06. The fourth-order valence-corrected chi connectivity index (χ4v) is 1.12. The maximum absolute atomic E-state index is 9.06. The number of rotatable bonds is 1. The number of hydrogen-bond acceptors (Lipinski definition) is 2. The van der Waals surface area contributed by atoms with Crippen molar-refractivity contribution in [3.63, 3.8) is 0 Å². The molecule has 0 aromatic heterocycles. The van der Waals surface area contributed by atoms with Gasteiger partial charge in [-0.15, -0.1) is 0 Å². The van der Waals surface area contributed by atoms with Gasteiger partial charge in [0.05, 0.1) is 12.1 Å². The second-order valence-electron chi connectivity index (χ2n) is 2.27. The summed E-state index contributed by atoms with van der Waals surface area (Å²) in [6.07, 6.45) is 2.21. The SMILES string of the molecule is [N-]=[N+]=N[C@@H]1CCC[C@H]1O. The summed E-state index contributed by atoms with van der Waals surface area (Å²) in [6, 6.07) is -0.157. The molecule has 0 saturated heterocycles. The lowest BCUT2D eigenvalue weighted by atomic mass is 10.2. The third-order valence-electron chi connectivity index (χ3n) is 1.64. The minimum absolute atomic E-state index is 0.157. The highest BCUT2D eigenvalue weighted by Gasteiger charge is 2.23. The van der Waals surface area contributed by atoms with E-state index in [-0.39, 0.29) is 12.1 Å². The van der Waals surface area contributed by atoms with E-state index >= 15 is 0 Å². The molecular formula is C5H9N3O. The summed E-state index contributed by atoms with van der Waals surface area (Å²) in [5.74, 6) is 0. The van der Waals surface area contributed by atoms with Gasteiger partial charge in [0.1, 0.15) is 0 Å². The summed E-state index contributed by atoms with van der Waals surface area (Å²) < 4.78 is 0. The van der Waals surface area contributed by atoms with Crippen molar-refractivity contribution in [2.45, 2.75) is 31.4 Å². The van der Waals surface area contributed by atoms with Crippen molar-refractivity contribution in [2.75, 3.05) is 0 Å². The van der Waals surface area contributed by atoms with E-state index in [1.165, 1.54) is 0 Å². The van der Waals surface area contributed by atoms with Crippen molar-refractivity contribution in [2.24, 2.45) is 5.11 Å². The lowest BCUT2D eigenvalue weighted by Crippen LogP contribution is -2.15. The summed E-state index contributed by atoms with van der Waals surface area (Å²) in [4.78, 5) is 2.63. The van der Waals surface area contributed by atoms with Crippen LogP contribution in [-0.4, -0.2) is 17.3 Å². The fraction of sp³-hybridized carbons (Fsp3) is 1.00. The first-order chi connectivity index (χ1) is 4.34. The predicted molar refractivity (Wildman–Crippen MR) is 32.8 cm³/mol. The number of azide groups is 1. The summed E-state index contributed by atoms with van der Waals surface area (Å²) >= 11 is 0. The lowest BCUT2D eigenvalue weighted by molar-refractivity contribution is 0.165. The van der Waals surface area contributed by atoms with Crippen LogP contribution in [0.1, 0.15) is 19.3 Å². The maximum Gasteiger partial charge on any atom is 0.0633 e. The lowest BCUT2D eigenvalue weighted by Gasteiger charge is -2.04. The van der Waals surface area contributed by atoms with Gasteiger partial charge in [0.25, 0.3) is 0 Å². The van der Waals surface area contributed by atoms with Crippen LogP contribution in [0.2, 0.25) is 0 Å². The smallest absolute Gasteiger partial charge is 0.0633 e. The molecule has 1 saturated carbocycles. The number of nitrogens with zero attached hydrogens (tertiary/aromatic N) is 3. The molecule has 0 aromatic rings. The monoisotopic (exact) mass is 127 g/mol. The van der Waals surface area contributed by atoms with Crippen molar-refractivity contribution in [1.29, 1.82) is 0 Å². The molecule has 0 heterocycles. The quantitative estimate of drug-likeness (QED) is 0.321. The molecule has 50 valence electrons. The highest BCUT2D eigenvalue weighted by molar-refractivity contribution is 4.82. The van der Waals surface area contributed by atoms with Crippen LogP contribution in [0, 0.1) is 0 Å². The minimum Gasteiger partial charge on any atom is -0.393 e. The third-order valence-corrected chi connectivity index (χ3v) is 1.64. The molecule has 1 rings (SSSR count). The van der Waals surface area contributed by atoms with Gasteiger partial charge in [-0.3, -0.25) is 0 Å². The summed E-state index contributed by atoms with van der Waals surface area (Å²) in [6.45, 7) is 0. The Balaban J connectivity index is 2.49. The van der Waals surface area contributed by atoms with Crippen LogP contribution < -0.4 is 0 Å². The molecule has 0 spiro atoms. The van der Waals surface area contributed by atoms with Crippen LogP contribution >= 0.6 is 0 Å². The first kappa shape index (κ1) is 6.39. The fourth-order valence-electron chi connectivity index (χ4n) is 1.12. The Hall–Kier alpha value is -0.730. The van der Waals surface area contributed by atoms with Gasteiger partial charge >= 0.3 is 0 Å². The van der Waals surface area contributed by atoms with E-state index in [9.17, 15) is 0 Å². The third kappa shape index (κ3) is 1.34. The van der Waals surface area contributed by atoms with E-state index in [1.54, 1.807) is 0 Å². The Kier molecular flexibility index (Phi) is 1.92. The standard InChI is InChI=1S/C5H9N3O/c6-8-7-4-2-1-3-5(4)9/h4-5,9H,1-3H2/t4-,5-/m1/s1. The van der Waals surface area contributed by atoms with E-state index in [0.717, 1.165) is 19.3 Å². The highest BCUT2D eigenvalue weighted by atomic mass is 16.3. The zero-order valence-electron chi connectivity index (χ0n) is 5.06. The molecule has 1 aliphatic carbocycles. The first-order valence-corrected chi connectivity index (χ1v) is 3.07. The molecule has 1 aliphatic rings. The number of aliphatic hydroxyl groups excluding tert-OH is 1. The largest absolute Gasteiger partial charge is 0.393 e.